The summed E-state index contributed by atoms with van der Waals surface area (Å²) in [7, 11) is 0. The molecule has 12 rings (SSSR count). The summed E-state index contributed by atoms with van der Waals surface area (Å²) in [5.74, 6) is 0. The predicted molar refractivity (Wildman–Crippen MR) is 265 cm³/mol. The number of anilines is 3. The maximum Gasteiger partial charge on any atom is 0.135 e. The van der Waals surface area contributed by atoms with Crippen molar-refractivity contribution >= 4 is 70.5 Å². The van der Waals surface area contributed by atoms with Crippen molar-refractivity contribution in [3.63, 3.8) is 0 Å². The van der Waals surface area contributed by atoms with Gasteiger partial charge in [-0.15, -0.1) is 11.3 Å². The summed E-state index contributed by atoms with van der Waals surface area (Å²) in [5.41, 5.74) is 18.5. The van der Waals surface area contributed by atoms with E-state index in [0.29, 0.717) is 0 Å². The minimum Gasteiger partial charge on any atom is -0.456 e. The minimum atomic E-state index is -0.132. The van der Waals surface area contributed by atoms with Gasteiger partial charge in [-0.3, -0.25) is 0 Å². The molecule has 0 saturated heterocycles. The van der Waals surface area contributed by atoms with Crippen LogP contribution in [0, 0.1) is 0 Å². The first-order valence-electron chi connectivity index (χ1n) is 22.1. The molecule has 10 aromatic rings. The van der Waals surface area contributed by atoms with Gasteiger partial charge in [0, 0.05) is 53.3 Å². The highest BCUT2D eigenvalue weighted by atomic mass is 32.1. The molecular weight excluding hydrogens is 771 g/mol. The van der Waals surface area contributed by atoms with Gasteiger partial charge >= 0.3 is 0 Å². The van der Waals surface area contributed by atoms with Crippen molar-refractivity contribution in [2.75, 3.05) is 4.90 Å². The Hall–Kier alpha value is -6.42. The van der Waals surface area contributed by atoms with Gasteiger partial charge in [0.2, 0.25) is 0 Å². The molecule has 2 aliphatic rings. The van der Waals surface area contributed by atoms with Crippen molar-refractivity contribution in [2.45, 2.75) is 70.6 Å². The molecule has 2 heterocycles. The molecule has 0 radical (unpaired) electrons. The van der Waals surface area contributed by atoms with E-state index in [2.05, 4.69) is 210 Å². The second kappa shape index (κ2) is 13.3. The lowest BCUT2D eigenvalue weighted by atomic mass is 9.63. The highest BCUT2D eigenvalue weighted by Crippen LogP contribution is 2.53. The molecule has 62 heavy (non-hydrogen) atoms. The third-order valence-corrected chi connectivity index (χ3v) is 15.7. The monoisotopic (exact) mass is 819 g/mol. The maximum atomic E-state index is 6.67. The Labute approximate surface area is 368 Å². The van der Waals surface area contributed by atoms with Crippen LogP contribution in [-0.4, -0.2) is 0 Å². The fraction of sp³-hybridized carbons (Fsp3) is 0.186. The van der Waals surface area contributed by atoms with Crippen LogP contribution < -0.4 is 4.90 Å². The van der Waals surface area contributed by atoms with Crippen molar-refractivity contribution < 1.29 is 4.42 Å². The number of furan rings is 1. The smallest absolute Gasteiger partial charge is 0.135 e. The number of rotatable bonds is 5. The summed E-state index contributed by atoms with van der Waals surface area (Å²) in [5, 5.41) is 4.93. The van der Waals surface area contributed by atoms with E-state index >= 15 is 0 Å². The van der Waals surface area contributed by atoms with Crippen molar-refractivity contribution in [1.82, 2.24) is 0 Å². The van der Waals surface area contributed by atoms with Crippen LogP contribution in [0.4, 0.5) is 17.1 Å². The van der Waals surface area contributed by atoms with Gasteiger partial charge in [0.1, 0.15) is 11.2 Å². The Balaban J connectivity index is 1.05. The SMILES string of the molecule is CC1(C)CCC(C)(C)c2cc3c(cc21)oc1ccc(-c2ccccc2N(c2ccc4c(c2)C(C)(C)c2ccccc2-4)c2ccc4sc5cc(-c6ccccc6)ccc5c4c2)cc13. The average molecular weight is 820 g/mol. The van der Waals surface area contributed by atoms with Crippen LogP contribution in [0.5, 0.6) is 0 Å². The Morgan fingerprint density at radius 3 is 1.90 bits per heavy atom. The van der Waals surface area contributed by atoms with Crippen LogP contribution in [0.25, 0.3) is 75.5 Å². The number of hydrogen-bond donors (Lipinski definition) is 0. The molecule has 0 aliphatic heterocycles. The van der Waals surface area contributed by atoms with Crippen LogP contribution in [-0.2, 0) is 16.2 Å². The van der Waals surface area contributed by atoms with Gasteiger partial charge in [-0.25, -0.2) is 0 Å². The molecule has 0 bridgehead atoms. The van der Waals surface area contributed by atoms with E-state index in [1.54, 1.807) is 0 Å². The predicted octanol–water partition coefficient (Wildman–Crippen LogP) is 17.4. The summed E-state index contributed by atoms with van der Waals surface area (Å²) >= 11 is 1.88. The molecule has 2 nitrogen and oxygen atoms in total. The summed E-state index contributed by atoms with van der Waals surface area (Å²) < 4.78 is 9.26. The van der Waals surface area contributed by atoms with Crippen LogP contribution in [0.15, 0.2) is 168 Å². The van der Waals surface area contributed by atoms with Gasteiger partial charge in [-0.2, -0.15) is 0 Å². The lowest BCUT2D eigenvalue weighted by Crippen LogP contribution is -2.33. The first-order valence-corrected chi connectivity index (χ1v) is 22.9. The average Bonchev–Trinajstić information content (AvgIpc) is 3.91. The van der Waals surface area contributed by atoms with E-state index < -0.39 is 0 Å². The maximum absolute atomic E-state index is 6.67. The normalized spacial score (nSPS) is 15.8. The summed E-state index contributed by atoms with van der Waals surface area (Å²) in [6.45, 7) is 14.3. The zero-order chi connectivity index (χ0) is 42.1. The lowest BCUT2D eigenvalue weighted by Gasteiger charge is -2.41. The van der Waals surface area contributed by atoms with Gasteiger partial charge < -0.3 is 9.32 Å². The van der Waals surface area contributed by atoms with Gasteiger partial charge in [0.15, 0.2) is 0 Å². The second-order valence-electron chi connectivity index (χ2n) is 19.6. The molecular formula is C59H49NOS. The van der Waals surface area contributed by atoms with E-state index in [4.69, 9.17) is 4.42 Å². The van der Waals surface area contributed by atoms with Gasteiger partial charge in [-0.05, 0) is 140 Å². The van der Waals surface area contributed by atoms with Crippen LogP contribution in [0.3, 0.4) is 0 Å². The van der Waals surface area contributed by atoms with Gasteiger partial charge in [0.25, 0.3) is 0 Å². The largest absolute Gasteiger partial charge is 0.456 e. The van der Waals surface area contributed by atoms with Crippen molar-refractivity contribution in [3.05, 3.63) is 186 Å². The topological polar surface area (TPSA) is 16.4 Å². The van der Waals surface area contributed by atoms with Gasteiger partial charge in [0.05, 0.1) is 5.69 Å². The molecule has 0 spiro atoms. The molecule has 0 atom stereocenters. The minimum absolute atomic E-state index is 0.109. The number of benzene rings is 8. The third-order valence-electron chi connectivity index (χ3n) is 14.5. The molecule has 0 amide bonds. The van der Waals surface area contributed by atoms with Gasteiger partial charge in [-0.1, -0.05) is 139 Å². The Kier molecular flexibility index (Phi) is 8.01. The van der Waals surface area contributed by atoms with Crippen LogP contribution in [0.2, 0.25) is 0 Å². The Morgan fingerprint density at radius 2 is 1.08 bits per heavy atom. The standard InChI is InChI=1S/C59H49NOS/c1-57(2)28-29-58(3,4)51-35-54-46(34-50(51)57)45-30-38(21-26-53(45)61-54)41-16-11-13-19-52(41)60(40-22-25-43-42-17-10-12-18-48(42)59(5,6)49(43)33-40)39-23-27-55-47(32-39)44-24-20-37(31-56(44)62-55)36-14-8-7-9-15-36/h7-27,30-35H,28-29H2,1-6H3. The first kappa shape index (κ1) is 37.4. The molecule has 2 aromatic heterocycles. The number of para-hydroxylation sites is 1. The molecule has 8 aromatic carbocycles. The summed E-state index contributed by atoms with van der Waals surface area (Å²) in [4.78, 5) is 2.49. The first-order chi connectivity index (χ1) is 29.9. The fourth-order valence-corrected chi connectivity index (χ4v) is 12.0. The lowest BCUT2D eigenvalue weighted by molar-refractivity contribution is 0.332. The zero-order valence-electron chi connectivity index (χ0n) is 36.3. The van der Waals surface area contributed by atoms with Crippen molar-refractivity contribution in [3.8, 4) is 33.4 Å². The molecule has 0 N–H and O–H groups in total. The molecule has 0 saturated carbocycles. The third kappa shape index (κ3) is 5.60. The highest BCUT2D eigenvalue weighted by Gasteiger charge is 2.38. The van der Waals surface area contributed by atoms with Crippen molar-refractivity contribution in [1.29, 1.82) is 0 Å². The van der Waals surface area contributed by atoms with E-state index in [1.165, 1.54) is 99.4 Å². The van der Waals surface area contributed by atoms with E-state index in [9.17, 15) is 0 Å². The molecule has 3 heteroatoms. The number of fused-ring (bicyclic) bond motifs is 10. The van der Waals surface area contributed by atoms with Crippen LogP contribution in [0.1, 0.15) is 76.6 Å². The summed E-state index contributed by atoms with van der Waals surface area (Å²) in [6, 6.07) is 61.3. The number of nitrogens with zero attached hydrogens (tertiary/aromatic N) is 1. The summed E-state index contributed by atoms with van der Waals surface area (Å²) in [6.07, 6.45) is 2.35. The number of thiophene rings is 1. The molecule has 2 aliphatic carbocycles. The molecule has 0 unspecified atom stereocenters. The highest BCUT2D eigenvalue weighted by molar-refractivity contribution is 7.25. The number of hydrogen-bond acceptors (Lipinski definition) is 3. The zero-order valence-corrected chi connectivity index (χ0v) is 37.1. The quantitative estimate of drug-likeness (QED) is 0.172. The fourth-order valence-electron chi connectivity index (χ4n) is 10.9. The molecule has 0 fully saturated rings. The van der Waals surface area contributed by atoms with E-state index in [0.717, 1.165) is 28.2 Å². The Morgan fingerprint density at radius 1 is 0.419 bits per heavy atom. The molecule has 302 valence electrons. The second-order valence-corrected chi connectivity index (χ2v) is 20.7. The van der Waals surface area contributed by atoms with E-state index in [-0.39, 0.29) is 16.2 Å². The van der Waals surface area contributed by atoms with Crippen LogP contribution >= 0.6 is 11.3 Å². The van der Waals surface area contributed by atoms with Crippen molar-refractivity contribution in [2.24, 2.45) is 0 Å². The van der Waals surface area contributed by atoms with E-state index in [1.807, 2.05) is 11.3 Å². The Bertz CT molecular complexity index is 3450.